The normalized spacial score (nSPS) is 19.9. The summed E-state index contributed by atoms with van der Waals surface area (Å²) >= 11 is 0. The zero-order valence-corrected chi connectivity index (χ0v) is 30.0. The molecule has 2 N–H and O–H groups in total. The molecule has 0 amide bonds. The van der Waals surface area contributed by atoms with Gasteiger partial charge in [-0.25, -0.2) is 23.1 Å². The van der Waals surface area contributed by atoms with Crippen LogP contribution in [0.15, 0.2) is 100 Å². The van der Waals surface area contributed by atoms with Crippen molar-refractivity contribution in [2.45, 2.75) is 44.3 Å². The van der Waals surface area contributed by atoms with Crippen LogP contribution in [0.4, 0.5) is 8.78 Å². The number of pyridine rings is 1. The maximum atomic E-state index is 14.6. The van der Waals surface area contributed by atoms with Crippen LogP contribution < -0.4 is 16.6 Å². The minimum atomic E-state index is -0.658. The number of allylic oxidation sites excluding steroid dienone is 2. The van der Waals surface area contributed by atoms with E-state index in [9.17, 15) is 23.5 Å². The fourth-order valence-electron chi connectivity index (χ4n) is 7.71. The number of fused-ring (bicyclic) bond motifs is 1. The second-order valence-corrected chi connectivity index (χ2v) is 14.0. The molecular weight excluding hydrogens is 680 g/mol. The summed E-state index contributed by atoms with van der Waals surface area (Å²) in [5.74, 6) is -0.790. The molecule has 2 aromatic heterocycles. The molecule has 1 aliphatic carbocycles. The topological polar surface area (TPSA) is 108 Å². The smallest absolute Gasteiger partial charge is 0.337 e. The van der Waals surface area contributed by atoms with Gasteiger partial charge < -0.3 is 20.1 Å². The van der Waals surface area contributed by atoms with E-state index in [0.717, 1.165) is 60.6 Å². The van der Waals surface area contributed by atoms with Crippen molar-refractivity contribution in [3.05, 3.63) is 123 Å². The van der Waals surface area contributed by atoms with E-state index in [2.05, 4.69) is 20.1 Å². The van der Waals surface area contributed by atoms with Gasteiger partial charge in [0.2, 0.25) is 0 Å². The molecule has 3 aliphatic rings. The van der Waals surface area contributed by atoms with Crippen molar-refractivity contribution in [2.24, 2.45) is 0 Å². The third-order valence-corrected chi connectivity index (χ3v) is 10.5. The molecular formula is C40H45F2N7O4. The lowest BCUT2D eigenvalue weighted by Gasteiger charge is -2.35. The first kappa shape index (κ1) is 36.3. The lowest BCUT2D eigenvalue weighted by Crippen LogP contribution is -2.45. The number of rotatable bonds is 10. The molecule has 2 aliphatic heterocycles. The number of hydrogen-bond donors (Lipinski definition) is 2. The second-order valence-electron chi connectivity index (χ2n) is 14.0. The third kappa shape index (κ3) is 7.97. The first-order valence-corrected chi connectivity index (χ1v) is 18.1. The number of nitrogens with one attached hydrogen (secondary N) is 1. The number of aromatic nitrogens is 3. The van der Waals surface area contributed by atoms with Gasteiger partial charge in [-0.05, 0) is 85.8 Å². The summed E-state index contributed by atoms with van der Waals surface area (Å²) in [5, 5.41) is 13.6. The third-order valence-electron chi connectivity index (χ3n) is 10.5. The number of phenols is 1. The summed E-state index contributed by atoms with van der Waals surface area (Å²) in [5.41, 5.74) is 3.09. The van der Waals surface area contributed by atoms with Gasteiger partial charge in [0.05, 0.1) is 30.5 Å². The minimum Gasteiger partial charge on any atom is -0.508 e. The number of morpholine rings is 1. The lowest BCUT2D eigenvalue weighted by molar-refractivity contribution is 0.0342. The summed E-state index contributed by atoms with van der Waals surface area (Å²) in [6.45, 7) is 4.67. The quantitative estimate of drug-likeness (QED) is 0.232. The molecule has 0 atom stereocenters. The monoisotopic (exact) mass is 725 g/mol. The minimum absolute atomic E-state index is 0.0359. The fraction of sp³-hybridized carbons (Fsp3) is 0.375. The molecule has 278 valence electrons. The molecule has 2 aromatic carbocycles. The van der Waals surface area contributed by atoms with Crippen LogP contribution in [0.5, 0.6) is 5.75 Å². The van der Waals surface area contributed by atoms with Crippen LogP contribution in [0.3, 0.4) is 0 Å². The second kappa shape index (κ2) is 15.9. The Bertz CT molecular complexity index is 2180. The van der Waals surface area contributed by atoms with Crippen LogP contribution in [-0.4, -0.2) is 93.5 Å². The lowest BCUT2D eigenvalue weighted by atomic mass is 9.90. The largest absolute Gasteiger partial charge is 0.508 e. The van der Waals surface area contributed by atoms with Gasteiger partial charge in [0.15, 0.2) is 5.65 Å². The molecule has 0 unspecified atom stereocenters. The van der Waals surface area contributed by atoms with E-state index in [1.165, 1.54) is 21.4 Å². The highest BCUT2D eigenvalue weighted by Crippen LogP contribution is 2.32. The highest BCUT2D eigenvalue weighted by atomic mass is 19.1. The summed E-state index contributed by atoms with van der Waals surface area (Å²) in [6.07, 6.45) is 10.3. The fourth-order valence-corrected chi connectivity index (χ4v) is 7.71. The number of likely N-dealkylation sites (N-methyl/N-ethyl adjacent to an activating group) is 2. The molecule has 2 fully saturated rings. The average molecular weight is 726 g/mol. The molecule has 0 bridgehead atoms. The number of benzene rings is 2. The van der Waals surface area contributed by atoms with Crippen molar-refractivity contribution in [3.8, 4) is 22.6 Å². The van der Waals surface area contributed by atoms with Gasteiger partial charge >= 0.3 is 5.69 Å². The molecule has 11 nitrogen and oxygen atoms in total. The van der Waals surface area contributed by atoms with E-state index in [1.807, 2.05) is 44.6 Å². The Labute approximate surface area is 306 Å². The van der Waals surface area contributed by atoms with E-state index in [1.54, 1.807) is 29.2 Å². The number of ether oxygens (including phenoxy) is 1. The van der Waals surface area contributed by atoms with Crippen LogP contribution in [0.2, 0.25) is 0 Å². The first-order chi connectivity index (χ1) is 25.7. The maximum absolute atomic E-state index is 14.6. The summed E-state index contributed by atoms with van der Waals surface area (Å²) < 4.78 is 36.7. The first-order valence-electron chi connectivity index (χ1n) is 18.1. The molecule has 0 radical (unpaired) electrons. The van der Waals surface area contributed by atoms with E-state index >= 15 is 0 Å². The highest BCUT2D eigenvalue weighted by molar-refractivity contribution is 5.77. The van der Waals surface area contributed by atoms with Crippen LogP contribution in [-0.2, 0) is 11.3 Å². The summed E-state index contributed by atoms with van der Waals surface area (Å²) in [4.78, 5) is 39.1. The molecule has 4 aromatic rings. The van der Waals surface area contributed by atoms with Crippen molar-refractivity contribution in [2.75, 3.05) is 53.5 Å². The van der Waals surface area contributed by atoms with Crippen LogP contribution >= 0.6 is 0 Å². The van der Waals surface area contributed by atoms with Gasteiger partial charge in [0, 0.05) is 70.0 Å². The van der Waals surface area contributed by atoms with Crippen molar-refractivity contribution in [3.63, 3.8) is 0 Å². The van der Waals surface area contributed by atoms with Gasteiger partial charge in [-0.15, -0.1) is 0 Å². The van der Waals surface area contributed by atoms with Crippen LogP contribution in [0.1, 0.15) is 37.3 Å². The molecule has 1 saturated heterocycles. The average Bonchev–Trinajstić information content (AvgIpc) is 3.16. The number of hydrogen-bond acceptors (Lipinski definition) is 9. The van der Waals surface area contributed by atoms with E-state index < -0.39 is 17.1 Å². The van der Waals surface area contributed by atoms with Gasteiger partial charge in [-0.2, -0.15) is 0 Å². The molecule has 7 rings (SSSR count). The number of phenolic OH excluding ortho intramolecular Hbond substituents is 1. The standard InChI is InChI=1S/C40H45F2N7O4/c1-43-31(26-47-14-4-6-29(41)24-47)25-45(2)32-8-10-33(11-9-32)49-39(51)37-21-30(42)22-44-38(37)48(40(49)52)34-7-3-5-27(19-34)36-13-12-35(50)20-28(36)23-46-15-17-53-18-16-46/h3-7,12-13,19-22,24,26,32-33,43,50H,8-11,14-18,23,25H2,1-2H3/b31-26-. The van der Waals surface area contributed by atoms with Gasteiger partial charge in [-0.3, -0.25) is 19.2 Å². The summed E-state index contributed by atoms with van der Waals surface area (Å²) in [7, 11) is 3.88. The van der Waals surface area contributed by atoms with Gasteiger partial charge in [-0.1, -0.05) is 24.3 Å². The Morgan fingerprint density at radius 2 is 1.87 bits per heavy atom. The molecule has 1 saturated carbocycles. The van der Waals surface area contributed by atoms with Gasteiger partial charge in [0.1, 0.15) is 17.4 Å². The predicted octanol–water partition coefficient (Wildman–Crippen LogP) is 5.05. The number of nitrogens with zero attached hydrogens (tertiary/aromatic N) is 6. The van der Waals surface area contributed by atoms with Crippen molar-refractivity contribution in [1.82, 2.24) is 34.1 Å². The molecule has 0 spiro atoms. The zero-order chi connectivity index (χ0) is 37.1. The van der Waals surface area contributed by atoms with E-state index in [0.29, 0.717) is 51.4 Å². The SMILES string of the molecule is CN/C(=C\N1C=C(F)C=CC1)CN(C)C1CCC(n2c(=O)c3cc(F)cnc3n(-c3cccc(-c4ccc(O)cc4CN4CCOCC4)c3)c2=O)CC1. The summed E-state index contributed by atoms with van der Waals surface area (Å²) in [6, 6.07) is 13.7. The Hall–Kier alpha value is -5.11. The number of halogens is 2. The number of aromatic hydroxyl groups is 1. The Morgan fingerprint density at radius 1 is 1.08 bits per heavy atom. The molecule has 53 heavy (non-hydrogen) atoms. The predicted molar refractivity (Wildman–Crippen MR) is 201 cm³/mol. The van der Waals surface area contributed by atoms with Crippen molar-refractivity contribution >= 4 is 11.0 Å². The maximum Gasteiger partial charge on any atom is 0.337 e. The van der Waals surface area contributed by atoms with Crippen molar-refractivity contribution in [1.29, 1.82) is 0 Å². The Morgan fingerprint density at radius 3 is 2.62 bits per heavy atom. The Balaban J connectivity index is 1.18. The zero-order valence-electron chi connectivity index (χ0n) is 30.0. The highest BCUT2D eigenvalue weighted by Gasteiger charge is 2.29. The van der Waals surface area contributed by atoms with Crippen LogP contribution in [0, 0.1) is 5.82 Å². The van der Waals surface area contributed by atoms with E-state index in [-0.39, 0.29) is 34.7 Å². The van der Waals surface area contributed by atoms with E-state index in [4.69, 9.17) is 4.74 Å². The molecule has 4 heterocycles. The van der Waals surface area contributed by atoms with Crippen LogP contribution in [0.25, 0.3) is 27.8 Å². The Kier molecular flexibility index (Phi) is 10.9. The molecule has 13 heteroatoms. The van der Waals surface area contributed by atoms with Gasteiger partial charge in [0.25, 0.3) is 5.56 Å². The van der Waals surface area contributed by atoms with Crippen molar-refractivity contribution < 1.29 is 18.6 Å².